The molecule has 0 N–H and O–H groups in total. The van der Waals surface area contributed by atoms with Gasteiger partial charge in [-0.1, -0.05) is 17.9 Å². The molecular weight excluding hydrogens is 514 g/mol. The van der Waals surface area contributed by atoms with Crippen molar-refractivity contribution >= 4 is 22.6 Å². The highest BCUT2D eigenvalue weighted by Crippen LogP contribution is 2.42. The van der Waals surface area contributed by atoms with Crippen molar-refractivity contribution in [2.45, 2.75) is 70.6 Å². The number of rotatable bonds is 6. The molecule has 2 aliphatic rings. The number of fused-ring (bicyclic) bond motifs is 1. The van der Waals surface area contributed by atoms with Crippen LogP contribution in [0.25, 0.3) is 22.3 Å². The van der Waals surface area contributed by atoms with E-state index >= 15 is 0 Å². The number of aryl methyl sites for hydroxylation is 2. The Morgan fingerprint density at radius 2 is 1.82 bits per heavy atom. The molecule has 0 unspecified atom stereocenters. The summed E-state index contributed by atoms with van der Waals surface area (Å²) in [6, 6.07) is 9.52. The summed E-state index contributed by atoms with van der Waals surface area (Å²) in [5, 5.41) is 8.34. The molecule has 6 rings (SSSR count). The summed E-state index contributed by atoms with van der Waals surface area (Å²) in [5.74, 6) is -0.584. The Kier molecular flexibility index (Phi) is 6.64. The topological polar surface area (TPSA) is 78.1 Å². The number of benzene rings is 2. The number of anilines is 1. The summed E-state index contributed by atoms with van der Waals surface area (Å²) in [4.78, 5) is 19.8. The zero-order valence-corrected chi connectivity index (χ0v) is 22.9. The highest BCUT2D eigenvalue weighted by Gasteiger charge is 2.39. The van der Waals surface area contributed by atoms with Crippen molar-refractivity contribution in [1.82, 2.24) is 24.5 Å². The number of halogens is 2. The SMILES string of the molecule is C=C(C)OC1CCC(n2c([C@@H]3CCC(=O)N3c3ccc(F)c(F)c3)nc3cc(-c4c(C)nnn4C)ccc32)CC1. The lowest BCUT2D eigenvalue weighted by atomic mass is 9.92. The molecule has 4 aromatic rings. The fourth-order valence-electron chi connectivity index (χ4n) is 6.33. The van der Waals surface area contributed by atoms with E-state index in [4.69, 9.17) is 9.72 Å². The lowest BCUT2D eigenvalue weighted by Gasteiger charge is -2.33. The standard InChI is InChI=1S/C30H32F2N6O2/c1-17(2)40-22-9-6-20(7-10-22)38-26-12-5-19(29-18(3)34-35-36(29)4)15-25(26)33-30(38)27-13-14-28(39)37(27)21-8-11-23(31)24(32)16-21/h5,8,11-12,15-16,20,22,27H,1,6-7,9-10,13-14H2,2-4H3/t20?,22?,27-/m0/s1. The van der Waals surface area contributed by atoms with Gasteiger partial charge in [0.2, 0.25) is 5.91 Å². The molecule has 2 aromatic carbocycles. The first-order valence-corrected chi connectivity index (χ1v) is 13.7. The second-order valence-corrected chi connectivity index (χ2v) is 10.9. The van der Waals surface area contributed by atoms with Crippen molar-refractivity contribution in [3.8, 4) is 11.3 Å². The first-order chi connectivity index (χ1) is 19.2. The Bertz CT molecular complexity index is 1600. The van der Waals surface area contributed by atoms with Gasteiger partial charge in [-0.05, 0) is 70.2 Å². The smallest absolute Gasteiger partial charge is 0.227 e. The molecule has 0 spiro atoms. The number of allylic oxidation sites excluding steroid dienone is 1. The lowest BCUT2D eigenvalue weighted by molar-refractivity contribution is -0.117. The Labute approximate surface area is 231 Å². The van der Waals surface area contributed by atoms with E-state index in [1.165, 1.54) is 6.07 Å². The molecule has 1 amide bonds. The maximum absolute atomic E-state index is 14.2. The second-order valence-electron chi connectivity index (χ2n) is 10.9. The number of imidazole rings is 1. The first kappa shape index (κ1) is 26.2. The summed E-state index contributed by atoms with van der Waals surface area (Å²) >= 11 is 0. The molecule has 1 atom stereocenters. The zero-order valence-electron chi connectivity index (χ0n) is 22.9. The fraction of sp³-hybridized carbons (Fsp3) is 0.400. The van der Waals surface area contributed by atoms with Crippen LogP contribution in [0.3, 0.4) is 0 Å². The molecule has 1 aliphatic carbocycles. The predicted octanol–water partition coefficient (Wildman–Crippen LogP) is 6.32. The minimum Gasteiger partial charge on any atom is -0.496 e. The van der Waals surface area contributed by atoms with Crippen LogP contribution < -0.4 is 4.90 Å². The van der Waals surface area contributed by atoms with E-state index in [9.17, 15) is 13.6 Å². The van der Waals surface area contributed by atoms with E-state index in [2.05, 4.69) is 33.6 Å². The van der Waals surface area contributed by atoms with Crippen molar-refractivity contribution in [3.63, 3.8) is 0 Å². The number of hydrogen-bond acceptors (Lipinski definition) is 5. The van der Waals surface area contributed by atoms with Gasteiger partial charge in [0.15, 0.2) is 11.6 Å². The molecule has 8 nitrogen and oxygen atoms in total. The highest BCUT2D eigenvalue weighted by molar-refractivity contribution is 5.96. The van der Waals surface area contributed by atoms with Crippen LogP contribution >= 0.6 is 0 Å². The van der Waals surface area contributed by atoms with Crippen LogP contribution in [0.4, 0.5) is 14.5 Å². The first-order valence-electron chi connectivity index (χ1n) is 13.7. The Hall–Kier alpha value is -4.08. The average Bonchev–Trinajstić information content (AvgIpc) is 3.59. The van der Waals surface area contributed by atoms with Gasteiger partial charge in [-0.3, -0.25) is 4.79 Å². The summed E-state index contributed by atoms with van der Waals surface area (Å²) in [7, 11) is 1.86. The molecule has 2 aromatic heterocycles. The van der Waals surface area contributed by atoms with Crippen LogP contribution in [0.15, 0.2) is 48.7 Å². The molecule has 1 saturated heterocycles. The summed E-state index contributed by atoms with van der Waals surface area (Å²) in [6.45, 7) is 7.68. The van der Waals surface area contributed by atoms with Crippen LogP contribution in [0, 0.1) is 18.6 Å². The van der Waals surface area contributed by atoms with Crippen LogP contribution in [0.1, 0.15) is 69.1 Å². The van der Waals surface area contributed by atoms with Crippen molar-refractivity contribution < 1.29 is 18.3 Å². The number of hydrogen-bond donors (Lipinski definition) is 0. The molecule has 10 heteroatoms. The third-order valence-corrected chi connectivity index (χ3v) is 8.05. The van der Waals surface area contributed by atoms with Crippen LogP contribution in [0.2, 0.25) is 0 Å². The van der Waals surface area contributed by atoms with Crippen molar-refractivity contribution in [2.75, 3.05) is 4.90 Å². The average molecular weight is 547 g/mol. The third-order valence-electron chi connectivity index (χ3n) is 8.05. The maximum Gasteiger partial charge on any atom is 0.227 e. The number of nitrogens with zero attached hydrogens (tertiary/aromatic N) is 6. The molecule has 40 heavy (non-hydrogen) atoms. The molecule has 0 radical (unpaired) electrons. The van der Waals surface area contributed by atoms with E-state index in [0.29, 0.717) is 18.5 Å². The fourth-order valence-corrected chi connectivity index (χ4v) is 6.33. The number of carbonyl (C=O) groups excluding carboxylic acids is 1. The Morgan fingerprint density at radius 3 is 2.50 bits per heavy atom. The highest BCUT2D eigenvalue weighted by atomic mass is 19.2. The summed E-state index contributed by atoms with van der Waals surface area (Å²) in [6.07, 6.45) is 4.50. The quantitative estimate of drug-likeness (QED) is 0.265. The summed E-state index contributed by atoms with van der Waals surface area (Å²) in [5.41, 5.74) is 4.80. The number of carbonyl (C=O) groups is 1. The van der Waals surface area contributed by atoms with E-state index in [-0.39, 0.29) is 18.1 Å². The Morgan fingerprint density at radius 1 is 1.05 bits per heavy atom. The Balaban J connectivity index is 1.46. The van der Waals surface area contributed by atoms with Gasteiger partial charge in [0.1, 0.15) is 5.82 Å². The van der Waals surface area contributed by atoms with Crippen LogP contribution in [0.5, 0.6) is 0 Å². The van der Waals surface area contributed by atoms with Gasteiger partial charge < -0.3 is 14.2 Å². The molecule has 1 saturated carbocycles. The van der Waals surface area contributed by atoms with Gasteiger partial charge >= 0.3 is 0 Å². The largest absolute Gasteiger partial charge is 0.496 e. The third kappa shape index (κ3) is 4.55. The summed E-state index contributed by atoms with van der Waals surface area (Å²) < 4.78 is 37.9. The van der Waals surface area contributed by atoms with Gasteiger partial charge in [0.25, 0.3) is 0 Å². The van der Waals surface area contributed by atoms with Gasteiger partial charge in [-0.2, -0.15) is 0 Å². The predicted molar refractivity (Wildman–Crippen MR) is 147 cm³/mol. The number of amides is 1. The molecule has 3 heterocycles. The van der Waals surface area contributed by atoms with Crippen LogP contribution in [-0.4, -0.2) is 36.6 Å². The van der Waals surface area contributed by atoms with Crippen molar-refractivity contribution in [2.24, 2.45) is 7.05 Å². The van der Waals surface area contributed by atoms with Crippen molar-refractivity contribution in [3.05, 3.63) is 71.9 Å². The molecule has 0 bridgehead atoms. The second kappa shape index (κ2) is 10.1. The normalized spacial score (nSPS) is 21.4. The van der Waals surface area contributed by atoms with Gasteiger partial charge in [0.05, 0.1) is 40.3 Å². The molecule has 1 aliphatic heterocycles. The zero-order chi connectivity index (χ0) is 28.1. The molecule has 2 fully saturated rings. The van der Waals surface area contributed by atoms with E-state index < -0.39 is 17.7 Å². The van der Waals surface area contributed by atoms with E-state index in [0.717, 1.165) is 77.4 Å². The van der Waals surface area contributed by atoms with E-state index in [1.807, 2.05) is 27.0 Å². The lowest BCUT2D eigenvalue weighted by Crippen LogP contribution is -2.31. The van der Waals surface area contributed by atoms with Crippen molar-refractivity contribution in [1.29, 1.82) is 0 Å². The maximum atomic E-state index is 14.2. The van der Waals surface area contributed by atoms with Gasteiger partial charge in [0, 0.05) is 36.8 Å². The minimum absolute atomic E-state index is 0.130. The molecular formula is C30H32F2N6O2. The van der Waals surface area contributed by atoms with E-state index in [1.54, 1.807) is 9.58 Å². The van der Waals surface area contributed by atoms with Gasteiger partial charge in [-0.15, -0.1) is 5.10 Å². The number of aromatic nitrogens is 5. The van der Waals surface area contributed by atoms with Crippen LogP contribution in [-0.2, 0) is 16.6 Å². The number of ether oxygens (including phenoxy) is 1. The van der Waals surface area contributed by atoms with Gasteiger partial charge in [-0.25, -0.2) is 18.4 Å². The monoisotopic (exact) mass is 546 g/mol. The molecule has 208 valence electrons. The minimum atomic E-state index is -0.981.